The summed E-state index contributed by atoms with van der Waals surface area (Å²) < 4.78 is 0. The highest BCUT2D eigenvalue weighted by Crippen LogP contribution is 2.39. The molecule has 0 radical (unpaired) electrons. The Morgan fingerprint density at radius 1 is 1.21 bits per heavy atom. The number of β-amino-alcohol motifs (C(OH)–C–C–N with tert-alkyl or cyclic N) is 1. The van der Waals surface area contributed by atoms with Crippen LogP contribution >= 0.6 is 0 Å². The molecule has 2 unspecified atom stereocenters. The van der Waals surface area contributed by atoms with E-state index in [-0.39, 0.29) is 6.10 Å². The summed E-state index contributed by atoms with van der Waals surface area (Å²) >= 11 is 0. The number of nitrogens with zero attached hydrogens (tertiary/aromatic N) is 1. The molecular weight excluding hydrogens is 236 g/mol. The third-order valence-electron chi connectivity index (χ3n) is 5.57. The third kappa shape index (κ3) is 3.50. The maximum Gasteiger partial charge on any atom is 0.0693 e. The summed E-state index contributed by atoms with van der Waals surface area (Å²) in [7, 11) is 0. The van der Waals surface area contributed by atoms with E-state index in [0.717, 1.165) is 19.0 Å². The Labute approximate surface area is 117 Å². The summed E-state index contributed by atoms with van der Waals surface area (Å²) in [5.74, 6) is 0.486. The van der Waals surface area contributed by atoms with Crippen LogP contribution in [0, 0.1) is 11.3 Å². The van der Waals surface area contributed by atoms with Gasteiger partial charge >= 0.3 is 0 Å². The molecule has 2 N–H and O–H groups in total. The van der Waals surface area contributed by atoms with Gasteiger partial charge in [-0.1, -0.05) is 19.8 Å². The number of aliphatic hydroxyl groups is 1. The highest BCUT2D eigenvalue weighted by Gasteiger charge is 2.38. The third-order valence-corrected chi connectivity index (χ3v) is 5.57. The minimum atomic E-state index is -0.108. The standard InChI is InChI=1S/C16H30N2O/c1-13-6-9-18(10-15(13)19)12-16(7-2-3-8-16)11-17-14-4-5-14/h13-15,17,19H,2-12H2,1H3. The maximum absolute atomic E-state index is 10.1. The van der Waals surface area contributed by atoms with Crippen molar-refractivity contribution >= 4 is 0 Å². The largest absolute Gasteiger partial charge is 0.392 e. The van der Waals surface area contributed by atoms with E-state index in [1.54, 1.807) is 0 Å². The summed E-state index contributed by atoms with van der Waals surface area (Å²) in [6.07, 6.45) is 9.39. The van der Waals surface area contributed by atoms with Gasteiger partial charge in [-0.2, -0.15) is 0 Å². The van der Waals surface area contributed by atoms with Crippen LogP contribution in [0.4, 0.5) is 0 Å². The quantitative estimate of drug-likeness (QED) is 0.799. The van der Waals surface area contributed by atoms with E-state index in [0.29, 0.717) is 11.3 Å². The average Bonchev–Trinajstić information content (AvgIpc) is 3.12. The lowest BCUT2D eigenvalue weighted by Gasteiger charge is -2.40. The summed E-state index contributed by atoms with van der Waals surface area (Å²) in [5.41, 5.74) is 0.503. The Morgan fingerprint density at radius 3 is 2.58 bits per heavy atom. The molecule has 3 nitrogen and oxygen atoms in total. The molecule has 1 heterocycles. The van der Waals surface area contributed by atoms with Gasteiger partial charge in [0.15, 0.2) is 0 Å². The zero-order valence-electron chi connectivity index (χ0n) is 12.4. The molecule has 0 aromatic rings. The first-order valence-electron chi connectivity index (χ1n) is 8.31. The topological polar surface area (TPSA) is 35.5 Å². The van der Waals surface area contributed by atoms with E-state index >= 15 is 0 Å². The summed E-state index contributed by atoms with van der Waals surface area (Å²) in [6.45, 7) is 6.67. The normalized spacial score (nSPS) is 35.7. The minimum Gasteiger partial charge on any atom is -0.392 e. The Morgan fingerprint density at radius 2 is 1.95 bits per heavy atom. The van der Waals surface area contributed by atoms with Crippen LogP contribution in [0.2, 0.25) is 0 Å². The molecule has 2 atom stereocenters. The second kappa shape index (κ2) is 5.71. The fraction of sp³-hybridized carbons (Fsp3) is 1.00. The van der Waals surface area contributed by atoms with E-state index in [1.165, 1.54) is 58.2 Å². The van der Waals surface area contributed by atoms with Crippen LogP contribution in [0.5, 0.6) is 0 Å². The Hall–Kier alpha value is -0.120. The second-order valence-corrected chi connectivity index (χ2v) is 7.43. The van der Waals surface area contributed by atoms with E-state index < -0.39 is 0 Å². The number of nitrogens with one attached hydrogen (secondary N) is 1. The molecule has 110 valence electrons. The molecule has 1 saturated heterocycles. The molecule has 3 heteroatoms. The Kier molecular flexibility index (Phi) is 4.16. The molecule has 0 spiro atoms. The average molecular weight is 266 g/mol. The zero-order valence-corrected chi connectivity index (χ0v) is 12.4. The zero-order chi connectivity index (χ0) is 13.3. The lowest BCUT2D eigenvalue weighted by molar-refractivity contribution is 0.0102. The van der Waals surface area contributed by atoms with Gasteiger partial charge in [0.05, 0.1) is 6.10 Å². The van der Waals surface area contributed by atoms with Gasteiger partial charge in [-0.25, -0.2) is 0 Å². The van der Waals surface area contributed by atoms with E-state index in [2.05, 4.69) is 17.1 Å². The van der Waals surface area contributed by atoms with Gasteiger partial charge in [0, 0.05) is 25.7 Å². The molecule has 2 aliphatic carbocycles. The Balaban J connectivity index is 1.54. The van der Waals surface area contributed by atoms with Gasteiger partial charge in [0.25, 0.3) is 0 Å². The van der Waals surface area contributed by atoms with Crippen molar-refractivity contribution in [1.29, 1.82) is 0 Å². The molecule has 0 aromatic heterocycles. The number of aliphatic hydroxyl groups excluding tert-OH is 1. The number of hydrogen-bond acceptors (Lipinski definition) is 3. The van der Waals surface area contributed by atoms with Crippen molar-refractivity contribution in [2.45, 2.75) is 64.0 Å². The predicted octanol–water partition coefficient (Wildman–Crippen LogP) is 2.00. The van der Waals surface area contributed by atoms with E-state index in [9.17, 15) is 5.11 Å². The van der Waals surface area contributed by atoms with Gasteiger partial charge in [-0.15, -0.1) is 0 Å². The SMILES string of the molecule is CC1CCN(CC2(CNC3CC3)CCCC2)CC1O. The summed E-state index contributed by atoms with van der Waals surface area (Å²) in [4.78, 5) is 2.53. The fourth-order valence-electron chi connectivity index (χ4n) is 3.90. The van der Waals surface area contributed by atoms with Crippen molar-refractivity contribution < 1.29 is 5.11 Å². The van der Waals surface area contributed by atoms with Gasteiger partial charge in [-0.05, 0) is 50.0 Å². The molecule has 19 heavy (non-hydrogen) atoms. The van der Waals surface area contributed by atoms with Crippen molar-refractivity contribution in [2.75, 3.05) is 26.2 Å². The molecule has 1 aliphatic heterocycles. The summed E-state index contributed by atoms with van der Waals surface area (Å²) in [5, 5.41) is 13.8. The molecule has 3 fully saturated rings. The van der Waals surface area contributed by atoms with Crippen LogP contribution in [0.3, 0.4) is 0 Å². The number of piperidine rings is 1. The highest BCUT2D eigenvalue weighted by molar-refractivity contribution is 4.93. The van der Waals surface area contributed by atoms with Crippen molar-refractivity contribution in [1.82, 2.24) is 10.2 Å². The van der Waals surface area contributed by atoms with Crippen molar-refractivity contribution in [3.8, 4) is 0 Å². The number of hydrogen-bond donors (Lipinski definition) is 2. The second-order valence-electron chi connectivity index (χ2n) is 7.43. The first kappa shape index (κ1) is 13.8. The van der Waals surface area contributed by atoms with Crippen molar-refractivity contribution in [2.24, 2.45) is 11.3 Å². The van der Waals surface area contributed by atoms with Crippen LogP contribution < -0.4 is 5.32 Å². The molecule has 3 rings (SSSR count). The summed E-state index contributed by atoms with van der Waals surface area (Å²) in [6, 6.07) is 0.824. The molecular formula is C16H30N2O. The van der Waals surface area contributed by atoms with Gasteiger partial charge in [0.2, 0.25) is 0 Å². The predicted molar refractivity (Wildman–Crippen MR) is 78.2 cm³/mol. The number of likely N-dealkylation sites (tertiary alicyclic amines) is 1. The van der Waals surface area contributed by atoms with Crippen LogP contribution in [-0.2, 0) is 0 Å². The first-order valence-corrected chi connectivity index (χ1v) is 8.31. The van der Waals surface area contributed by atoms with Gasteiger partial charge < -0.3 is 15.3 Å². The first-order chi connectivity index (χ1) is 9.17. The van der Waals surface area contributed by atoms with Gasteiger partial charge in [0.1, 0.15) is 0 Å². The monoisotopic (exact) mass is 266 g/mol. The van der Waals surface area contributed by atoms with Gasteiger partial charge in [-0.3, -0.25) is 0 Å². The van der Waals surface area contributed by atoms with Crippen LogP contribution in [-0.4, -0.2) is 48.3 Å². The van der Waals surface area contributed by atoms with E-state index in [1.807, 2.05) is 0 Å². The molecule has 0 bridgehead atoms. The van der Waals surface area contributed by atoms with Crippen LogP contribution in [0.25, 0.3) is 0 Å². The highest BCUT2D eigenvalue weighted by atomic mass is 16.3. The van der Waals surface area contributed by atoms with Crippen LogP contribution in [0.1, 0.15) is 51.9 Å². The fourth-order valence-corrected chi connectivity index (χ4v) is 3.90. The van der Waals surface area contributed by atoms with E-state index in [4.69, 9.17) is 0 Å². The maximum atomic E-state index is 10.1. The molecule has 3 aliphatic rings. The minimum absolute atomic E-state index is 0.108. The lowest BCUT2D eigenvalue weighted by Crippen LogP contribution is -2.49. The van der Waals surface area contributed by atoms with Crippen molar-refractivity contribution in [3.05, 3.63) is 0 Å². The number of rotatable bonds is 5. The lowest BCUT2D eigenvalue weighted by atomic mass is 9.84. The molecule has 0 aromatic carbocycles. The molecule has 2 saturated carbocycles. The van der Waals surface area contributed by atoms with Crippen LogP contribution in [0.15, 0.2) is 0 Å². The van der Waals surface area contributed by atoms with Crippen molar-refractivity contribution in [3.63, 3.8) is 0 Å². The molecule has 0 amide bonds. The Bertz CT molecular complexity index is 297. The smallest absolute Gasteiger partial charge is 0.0693 e.